The van der Waals surface area contributed by atoms with E-state index in [-0.39, 0.29) is 22.8 Å². The number of rotatable bonds is 0. The number of cyclic esters (lactones) is 2. The first-order chi connectivity index (χ1) is 7.31. The number of ether oxygens (including phenoxy) is 1. The third-order valence-corrected chi connectivity index (χ3v) is 2.08. The predicted molar refractivity (Wildman–Crippen MR) is 50.8 cm³/mol. The zero-order valence-corrected chi connectivity index (χ0v) is 9.11. The summed E-state index contributed by atoms with van der Waals surface area (Å²) in [6.07, 6.45) is 0.275. The van der Waals surface area contributed by atoms with Crippen LogP contribution in [0.3, 0.4) is 0 Å². The molecule has 0 spiro atoms. The highest BCUT2D eigenvalue weighted by Crippen LogP contribution is 2.09. The lowest BCUT2D eigenvalue weighted by molar-refractivity contribution is -0.797. The molecule has 2 aliphatic rings. The van der Waals surface area contributed by atoms with Gasteiger partial charge in [0.1, 0.15) is 0 Å². The van der Waals surface area contributed by atoms with Crippen molar-refractivity contribution >= 4 is 23.9 Å². The molecule has 0 saturated carbocycles. The van der Waals surface area contributed by atoms with Crippen LogP contribution in [0, 0.1) is 0 Å². The van der Waals surface area contributed by atoms with Gasteiger partial charge in [0.25, 0.3) is 0 Å². The summed E-state index contributed by atoms with van der Waals surface area (Å²) in [5.74, 6) is -0.736. The molecule has 1 N–H and O–H groups in total. The van der Waals surface area contributed by atoms with Crippen molar-refractivity contribution in [3.63, 3.8) is 0 Å². The maximum Gasteiger partial charge on any atom is 0.524 e. The van der Waals surface area contributed by atoms with Gasteiger partial charge in [-0.1, -0.05) is 0 Å². The number of esters is 1. The summed E-state index contributed by atoms with van der Waals surface area (Å²) < 4.78 is 4.28. The minimum atomic E-state index is -0.472. The molecule has 7 nitrogen and oxygen atoms in total. The lowest BCUT2D eigenvalue weighted by Crippen LogP contribution is -2.40. The summed E-state index contributed by atoms with van der Waals surface area (Å²) in [7, 11) is 3.26. The number of carbonyl (C=O) groups is 4. The Labute approximate surface area is 91.9 Å². The number of quaternary nitrogens is 1. The van der Waals surface area contributed by atoms with Gasteiger partial charge in [0.05, 0.1) is 14.1 Å². The summed E-state index contributed by atoms with van der Waals surface area (Å²) in [5, 5.41) is 2.14. The van der Waals surface area contributed by atoms with Crippen molar-refractivity contribution in [3.05, 3.63) is 0 Å². The highest BCUT2D eigenvalue weighted by atomic mass is 16.6. The molecule has 0 unspecified atom stereocenters. The molecule has 2 saturated heterocycles. The van der Waals surface area contributed by atoms with Gasteiger partial charge in [-0.2, -0.15) is 4.79 Å². The van der Waals surface area contributed by atoms with Crippen LogP contribution >= 0.6 is 0 Å². The van der Waals surface area contributed by atoms with Gasteiger partial charge < -0.3 is 4.74 Å². The Hall–Kier alpha value is -1.76. The summed E-state index contributed by atoms with van der Waals surface area (Å²) in [6.45, 7) is 0.152. The number of carbonyl (C=O) groups excluding carboxylic acids is 4. The third kappa shape index (κ3) is 3.13. The highest BCUT2D eigenvalue weighted by molar-refractivity contribution is 6.01. The van der Waals surface area contributed by atoms with Gasteiger partial charge in [0.2, 0.25) is 11.8 Å². The maximum atomic E-state index is 10.6. The van der Waals surface area contributed by atoms with Crippen molar-refractivity contribution in [2.75, 3.05) is 20.6 Å². The minimum Gasteiger partial charge on any atom is -0.341 e. The number of likely N-dealkylation sites (N-methyl/N-ethyl adjacent to an activating group) is 1. The lowest BCUT2D eigenvalue weighted by Gasteiger charge is -2.12. The molecule has 0 bridgehead atoms. The standard InChI is InChI=1S/C5H8NO3.C4H5NO2/c1-6(2)3-4(7)9-5(6)8;6-3-1-2-4(7)5-3/h3H2,1-2H3;1-2H2,(H,5,6,7)/q+1;. The van der Waals surface area contributed by atoms with Crippen molar-refractivity contribution in [1.82, 2.24) is 5.32 Å². The second-order valence-electron chi connectivity index (χ2n) is 4.05. The van der Waals surface area contributed by atoms with Crippen molar-refractivity contribution in [1.29, 1.82) is 0 Å². The monoisotopic (exact) mass is 229 g/mol. The van der Waals surface area contributed by atoms with Crippen molar-refractivity contribution in [3.8, 4) is 0 Å². The van der Waals surface area contributed by atoms with E-state index in [1.54, 1.807) is 14.1 Å². The number of hydrogen-bond acceptors (Lipinski definition) is 5. The van der Waals surface area contributed by atoms with Crippen LogP contribution in [0.25, 0.3) is 0 Å². The maximum absolute atomic E-state index is 10.6. The smallest absolute Gasteiger partial charge is 0.341 e. The molecule has 16 heavy (non-hydrogen) atoms. The first kappa shape index (κ1) is 12.3. The number of hydrogen-bond donors (Lipinski definition) is 1. The zero-order valence-electron chi connectivity index (χ0n) is 9.11. The van der Waals surface area contributed by atoms with E-state index < -0.39 is 12.1 Å². The Morgan fingerprint density at radius 2 is 1.56 bits per heavy atom. The van der Waals surface area contributed by atoms with Gasteiger partial charge in [0, 0.05) is 12.8 Å². The van der Waals surface area contributed by atoms with Crippen LogP contribution < -0.4 is 5.32 Å². The second kappa shape index (κ2) is 4.40. The van der Waals surface area contributed by atoms with Crippen LogP contribution in [0.1, 0.15) is 12.8 Å². The molecule has 2 fully saturated rings. The second-order valence-corrected chi connectivity index (χ2v) is 4.05. The van der Waals surface area contributed by atoms with Crippen LogP contribution in [0.15, 0.2) is 0 Å². The van der Waals surface area contributed by atoms with E-state index >= 15 is 0 Å². The van der Waals surface area contributed by atoms with Crippen LogP contribution in [0.4, 0.5) is 4.79 Å². The van der Waals surface area contributed by atoms with Crippen molar-refractivity contribution < 1.29 is 28.4 Å². The zero-order chi connectivity index (χ0) is 12.3. The quantitative estimate of drug-likeness (QED) is 0.253. The molecule has 0 atom stereocenters. The van der Waals surface area contributed by atoms with Gasteiger partial charge >= 0.3 is 12.1 Å². The predicted octanol–water partition coefficient (Wildman–Crippen LogP) is -0.837. The lowest BCUT2D eigenvalue weighted by atomic mass is 10.4. The largest absolute Gasteiger partial charge is 0.524 e. The van der Waals surface area contributed by atoms with E-state index in [1.165, 1.54) is 0 Å². The number of nitrogens with zero attached hydrogens (tertiary/aromatic N) is 1. The van der Waals surface area contributed by atoms with E-state index in [1.807, 2.05) is 0 Å². The van der Waals surface area contributed by atoms with E-state index in [0.29, 0.717) is 12.8 Å². The summed E-state index contributed by atoms with van der Waals surface area (Å²) in [6, 6.07) is 0. The Bertz CT molecular complexity index is 347. The fourth-order valence-electron chi connectivity index (χ4n) is 1.15. The minimum absolute atomic E-state index is 0.0127. The SMILES string of the molecule is C[N+]1(C)CC(=O)OC1=O.O=C1CCC(=O)N1. The highest BCUT2D eigenvalue weighted by Gasteiger charge is 2.41. The molecule has 0 aromatic carbocycles. The number of imide groups is 1. The van der Waals surface area contributed by atoms with E-state index in [4.69, 9.17) is 0 Å². The van der Waals surface area contributed by atoms with E-state index in [0.717, 1.165) is 0 Å². The van der Waals surface area contributed by atoms with Crippen LogP contribution in [-0.2, 0) is 19.1 Å². The molecule has 2 heterocycles. The average molecular weight is 229 g/mol. The van der Waals surface area contributed by atoms with E-state index in [2.05, 4.69) is 10.1 Å². The number of nitrogens with one attached hydrogen (secondary N) is 1. The average Bonchev–Trinajstić information content (AvgIpc) is 2.58. The first-order valence-electron chi connectivity index (χ1n) is 4.72. The Kier molecular flexibility index (Phi) is 3.38. The first-order valence-corrected chi connectivity index (χ1v) is 4.72. The normalized spacial score (nSPS) is 22.4. The molecule has 0 aromatic heterocycles. The van der Waals surface area contributed by atoms with Crippen molar-refractivity contribution in [2.24, 2.45) is 0 Å². The molecule has 0 aromatic rings. The fraction of sp³-hybridized carbons (Fsp3) is 0.556. The van der Waals surface area contributed by atoms with Gasteiger partial charge in [0.15, 0.2) is 6.54 Å². The van der Waals surface area contributed by atoms with Gasteiger partial charge in [-0.15, -0.1) is 0 Å². The summed E-state index contributed by atoms with van der Waals surface area (Å²) >= 11 is 0. The van der Waals surface area contributed by atoms with Crippen LogP contribution in [0.2, 0.25) is 0 Å². The van der Waals surface area contributed by atoms with Gasteiger partial charge in [-0.3, -0.25) is 14.9 Å². The molecule has 0 aliphatic carbocycles. The Balaban J connectivity index is 0.000000165. The third-order valence-electron chi connectivity index (χ3n) is 2.08. The van der Waals surface area contributed by atoms with Gasteiger partial charge in [-0.25, -0.2) is 9.28 Å². The molecule has 2 rings (SSSR count). The summed E-state index contributed by atoms with van der Waals surface area (Å²) in [5.41, 5.74) is 0. The molecule has 3 amide bonds. The molecular weight excluding hydrogens is 216 g/mol. The topological polar surface area (TPSA) is 89.5 Å². The molecule has 2 aliphatic heterocycles. The summed E-state index contributed by atoms with van der Waals surface area (Å²) in [4.78, 5) is 41.3. The Morgan fingerprint density at radius 1 is 1.06 bits per heavy atom. The number of amides is 3. The van der Waals surface area contributed by atoms with Crippen LogP contribution in [0.5, 0.6) is 0 Å². The van der Waals surface area contributed by atoms with Crippen molar-refractivity contribution in [2.45, 2.75) is 12.8 Å². The molecule has 7 heteroatoms. The fourth-order valence-corrected chi connectivity index (χ4v) is 1.15. The van der Waals surface area contributed by atoms with E-state index in [9.17, 15) is 19.2 Å². The van der Waals surface area contributed by atoms with Crippen LogP contribution in [-0.4, -0.2) is 49.0 Å². The Morgan fingerprint density at radius 3 is 1.69 bits per heavy atom. The molecular formula is C9H13N2O5+. The van der Waals surface area contributed by atoms with Gasteiger partial charge in [-0.05, 0) is 0 Å². The molecule has 88 valence electrons. The molecule has 0 radical (unpaired) electrons.